The van der Waals surface area contributed by atoms with Crippen molar-refractivity contribution in [2.75, 3.05) is 24.8 Å². The van der Waals surface area contributed by atoms with Crippen molar-refractivity contribution < 1.29 is 9.84 Å². The van der Waals surface area contributed by atoms with Crippen LogP contribution >= 0.6 is 0 Å². The summed E-state index contributed by atoms with van der Waals surface area (Å²) in [6, 6.07) is 10.2. The van der Waals surface area contributed by atoms with Gasteiger partial charge < -0.3 is 25.5 Å². The average molecular weight is 383 g/mol. The minimum absolute atomic E-state index is 0.190. The summed E-state index contributed by atoms with van der Waals surface area (Å²) in [5, 5.41) is 12.7. The van der Waals surface area contributed by atoms with Crippen LogP contribution in [0.25, 0.3) is 11.0 Å². The summed E-state index contributed by atoms with van der Waals surface area (Å²) in [5.41, 5.74) is 8.82. The number of benzene rings is 1. The molecule has 0 amide bonds. The number of nitrogens with zero attached hydrogens (tertiary/aromatic N) is 3. The number of nitrogens with one attached hydrogen (secondary N) is 1. The lowest BCUT2D eigenvalue weighted by Crippen LogP contribution is -2.21. The Morgan fingerprint density at radius 3 is 2.86 bits per heavy atom. The molecule has 3 rings (SSSR count). The van der Waals surface area contributed by atoms with Crippen LogP contribution in [0.5, 0.6) is 5.75 Å². The third-order valence-corrected chi connectivity index (χ3v) is 4.80. The number of aromatic nitrogens is 3. The molecule has 0 saturated heterocycles. The normalized spacial score (nSPS) is 12.2. The first kappa shape index (κ1) is 19.9. The maximum Gasteiger partial charge on any atom is 0.222 e. The average Bonchev–Trinajstić information content (AvgIpc) is 3.09. The Morgan fingerprint density at radius 1 is 1.25 bits per heavy atom. The fourth-order valence-electron chi connectivity index (χ4n) is 3.49. The molecule has 0 bridgehead atoms. The van der Waals surface area contributed by atoms with E-state index >= 15 is 0 Å². The van der Waals surface area contributed by atoms with Gasteiger partial charge >= 0.3 is 0 Å². The van der Waals surface area contributed by atoms with E-state index in [-0.39, 0.29) is 18.6 Å². The molecular weight excluding hydrogens is 354 g/mol. The molecule has 0 radical (unpaired) electrons. The molecule has 4 N–H and O–H groups in total. The highest BCUT2D eigenvalue weighted by Gasteiger charge is 2.15. The summed E-state index contributed by atoms with van der Waals surface area (Å²) < 4.78 is 7.46. The number of methoxy groups -OCH3 is 1. The topological polar surface area (TPSA) is 98.2 Å². The van der Waals surface area contributed by atoms with Crippen LogP contribution in [0.1, 0.15) is 38.2 Å². The molecule has 0 saturated carbocycles. The van der Waals surface area contributed by atoms with Crippen LogP contribution in [0.2, 0.25) is 0 Å². The van der Waals surface area contributed by atoms with E-state index in [2.05, 4.69) is 32.8 Å². The minimum atomic E-state index is 0.190. The lowest BCUT2D eigenvalue weighted by Gasteiger charge is -2.20. The van der Waals surface area contributed by atoms with Gasteiger partial charge in [0.1, 0.15) is 11.3 Å². The standard InChI is InChI=1S/C21H29N5O2/c1-3-6-16(8-5-12-27)23-20-19-18(24-21(22)25-20)10-11-26(19)14-15-7-4-9-17(13-15)28-2/h4,7,9-11,13,16,27H,3,5-6,8,12,14H2,1-2H3,(H3,22,23,24,25). The Morgan fingerprint density at radius 2 is 2.11 bits per heavy atom. The van der Waals surface area contributed by atoms with E-state index in [1.807, 2.05) is 30.5 Å². The smallest absolute Gasteiger partial charge is 0.222 e. The second-order valence-electron chi connectivity index (χ2n) is 6.96. The summed E-state index contributed by atoms with van der Waals surface area (Å²) in [6.45, 7) is 3.02. The summed E-state index contributed by atoms with van der Waals surface area (Å²) in [7, 11) is 1.67. The third-order valence-electron chi connectivity index (χ3n) is 4.80. The number of anilines is 2. The molecule has 0 fully saturated rings. The zero-order chi connectivity index (χ0) is 19.9. The molecule has 3 aromatic rings. The summed E-state index contributed by atoms with van der Waals surface area (Å²) in [6.07, 6.45) is 5.70. The highest BCUT2D eigenvalue weighted by Crippen LogP contribution is 2.26. The number of aliphatic hydroxyl groups is 1. The molecule has 1 aromatic carbocycles. The van der Waals surface area contributed by atoms with Crippen LogP contribution < -0.4 is 15.8 Å². The maximum atomic E-state index is 9.20. The Bertz CT molecular complexity index is 909. The Labute approximate surface area is 165 Å². The fraction of sp³-hybridized carbons (Fsp3) is 0.429. The van der Waals surface area contributed by atoms with Crippen molar-refractivity contribution >= 4 is 22.8 Å². The minimum Gasteiger partial charge on any atom is -0.497 e. The Kier molecular flexibility index (Phi) is 6.71. The van der Waals surface area contributed by atoms with E-state index in [1.54, 1.807) is 7.11 Å². The molecule has 28 heavy (non-hydrogen) atoms. The van der Waals surface area contributed by atoms with E-state index in [9.17, 15) is 5.11 Å². The monoisotopic (exact) mass is 383 g/mol. The van der Waals surface area contributed by atoms with Crippen molar-refractivity contribution in [2.45, 2.75) is 45.2 Å². The molecule has 7 heteroatoms. The number of nitrogen functional groups attached to an aromatic ring is 1. The fourth-order valence-corrected chi connectivity index (χ4v) is 3.49. The predicted molar refractivity (Wildman–Crippen MR) is 113 cm³/mol. The van der Waals surface area contributed by atoms with Gasteiger partial charge in [-0.25, -0.2) is 4.98 Å². The van der Waals surface area contributed by atoms with Gasteiger partial charge in [0.15, 0.2) is 5.82 Å². The van der Waals surface area contributed by atoms with E-state index in [0.29, 0.717) is 6.54 Å². The summed E-state index contributed by atoms with van der Waals surface area (Å²) >= 11 is 0. The van der Waals surface area contributed by atoms with Gasteiger partial charge in [-0.1, -0.05) is 25.5 Å². The number of nitrogens with two attached hydrogens (primary N) is 1. The van der Waals surface area contributed by atoms with Crippen molar-refractivity contribution in [3.05, 3.63) is 42.1 Å². The van der Waals surface area contributed by atoms with Crippen molar-refractivity contribution in [1.29, 1.82) is 0 Å². The summed E-state index contributed by atoms with van der Waals surface area (Å²) in [4.78, 5) is 8.88. The van der Waals surface area contributed by atoms with Crippen LogP contribution in [-0.2, 0) is 6.54 Å². The van der Waals surface area contributed by atoms with Gasteiger partial charge in [-0.2, -0.15) is 4.98 Å². The lowest BCUT2D eigenvalue weighted by molar-refractivity contribution is 0.280. The molecular formula is C21H29N5O2. The predicted octanol–water partition coefficient (Wildman–Crippen LogP) is 3.42. The number of hydrogen-bond donors (Lipinski definition) is 3. The van der Waals surface area contributed by atoms with Gasteiger partial charge in [-0.15, -0.1) is 0 Å². The Hall–Kier alpha value is -2.80. The van der Waals surface area contributed by atoms with Crippen molar-refractivity contribution in [3.63, 3.8) is 0 Å². The molecule has 0 spiro atoms. The van der Waals surface area contributed by atoms with Gasteiger partial charge in [-0.3, -0.25) is 0 Å². The number of rotatable bonds is 10. The van der Waals surface area contributed by atoms with Crippen molar-refractivity contribution in [1.82, 2.24) is 14.5 Å². The zero-order valence-electron chi connectivity index (χ0n) is 16.6. The number of aliphatic hydroxyl groups excluding tert-OH is 1. The highest BCUT2D eigenvalue weighted by atomic mass is 16.5. The SMILES string of the molecule is CCCC(CCCO)Nc1nc(N)nc2ccn(Cc3cccc(OC)c3)c12. The highest BCUT2D eigenvalue weighted by molar-refractivity contribution is 5.87. The van der Waals surface area contributed by atoms with Gasteiger partial charge in [0.2, 0.25) is 5.95 Å². The largest absolute Gasteiger partial charge is 0.497 e. The molecule has 1 atom stereocenters. The van der Waals surface area contributed by atoms with Gasteiger partial charge in [-0.05, 0) is 43.0 Å². The van der Waals surface area contributed by atoms with Gasteiger partial charge in [0.05, 0.1) is 12.6 Å². The van der Waals surface area contributed by atoms with Gasteiger partial charge in [0.25, 0.3) is 0 Å². The molecule has 0 aliphatic carbocycles. The van der Waals surface area contributed by atoms with Crippen LogP contribution in [0.15, 0.2) is 36.5 Å². The number of hydrogen-bond acceptors (Lipinski definition) is 6. The molecule has 0 aliphatic rings. The molecule has 7 nitrogen and oxygen atoms in total. The van der Waals surface area contributed by atoms with Crippen LogP contribution in [0.4, 0.5) is 11.8 Å². The van der Waals surface area contributed by atoms with Crippen LogP contribution in [0, 0.1) is 0 Å². The van der Waals surface area contributed by atoms with Crippen LogP contribution in [0.3, 0.4) is 0 Å². The third kappa shape index (κ3) is 4.72. The van der Waals surface area contributed by atoms with E-state index in [0.717, 1.165) is 53.8 Å². The van der Waals surface area contributed by atoms with E-state index in [1.165, 1.54) is 0 Å². The van der Waals surface area contributed by atoms with E-state index in [4.69, 9.17) is 10.5 Å². The Balaban J connectivity index is 1.94. The maximum absolute atomic E-state index is 9.20. The van der Waals surface area contributed by atoms with Crippen molar-refractivity contribution in [2.24, 2.45) is 0 Å². The first-order valence-corrected chi connectivity index (χ1v) is 9.77. The molecule has 1 unspecified atom stereocenters. The molecule has 2 heterocycles. The first-order valence-electron chi connectivity index (χ1n) is 9.77. The number of fused-ring (bicyclic) bond motifs is 1. The first-order chi connectivity index (χ1) is 13.6. The lowest BCUT2D eigenvalue weighted by atomic mass is 10.1. The van der Waals surface area contributed by atoms with Gasteiger partial charge in [0, 0.05) is 25.4 Å². The second-order valence-corrected chi connectivity index (χ2v) is 6.96. The van der Waals surface area contributed by atoms with E-state index < -0.39 is 0 Å². The second kappa shape index (κ2) is 9.41. The quantitative estimate of drug-likeness (QED) is 0.496. The summed E-state index contributed by atoms with van der Waals surface area (Å²) in [5.74, 6) is 1.83. The zero-order valence-corrected chi connectivity index (χ0v) is 16.6. The van der Waals surface area contributed by atoms with Crippen LogP contribution in [-0.4, -0.2) is 39.4 Å². The number of ether oxygens (including phenoxy) is 1. The molecule has 2 aromatic heterocycles. The molecule has 0 aliphatic heterocycles. The van der Waals surface area contributed by atoms with Crippen molar-refractivity contribution in [3.8, 4) is 5.75 Å². The molecule has 150 valence electrons.